The van der Waals surface area contributed by atoms with E-state index in [1.807, 2.05) is 68.1 Å². The number of carboxylic acid groups (broad SMARTS) is 1. The zero-order chi connectivity index (χ0) is 23.9. The predicted octanol–water partition coefficient (Wildman–Crippen LogP) is 6.19. The molecule has 1 unspecified atom stereocenters. The van der Waals surface area contributed by atoms with Crippen LogP contribution in [-0.4, -0.2) is 58.7 Å². The summed E-state index contributed by atoms with van der Waals surface area (Å²) in [4.78, 5) is 31.0. The highest BCUT2D eigenvalue weighted by atomic mass is 35.5. The summed E-state index contributed by atoms with van der Waals surface area (Å²) in [6, 6.07) is 14.6. The molecule has 2 aliphatic rings. The largest absolute Gasteiger partial charge is 0.465 e. The number of amides is 3. The first-order valence-electron chi connectivity index (χ1n) is 11.2. The highest BCUT2D eigenvalue weighted by molar-refractivity contribution is 6.42. The summed E-state index contributed by atoms with van der Waals surface area (Å²) < 4.78 is 0. The number of piperidine rings is 1. The van der Waals surface area contributed by atoms with E-state index in [0.717, 1.165) is 11.3 Å². The third-order valence-electron chi connectivity index (χ3n) is 6.73. The van der Waals surface area contributed by atoms with Crippen LogP contribution in [0.3, 0.4) is 0 Å². The van der Waals surface area contributed by atoms with E-state index in [0.29, 0.717) is 36.1 Å². The zero-order valence-electron chi connectivity index (χ0n) is 19.0. The van der Waals surface area contributed by atoms with Gasteiger partial charge in [0, 0.05) is 43.3 Å². The summed E-state index contributed by atoms with van der Waals surface area (Å²) in [6.45, 7) is 7.68. The van der Waals surface area contributed by atoms with E-state index in [-0.39, 0.29) is 29.4 Å². The number of hydrogen-bond acceptors (Lipinski definition) is 2. The smallest absolute Gasteiger partial charge is 0.407 e. The van der Waals surface area contributed by atoms with Crippen LogP contribution in [-0.2, 0) is 0 Å². The van der Waals surface area contributed by atoms with Crippen LogP contribution in [0.4, 0.5) is 15.3 Å². The lowest BCUT2D eigenvalue weighted by Gasteiger charge is -2.52. The molecule has 33 heavy (non-hydrogen) atoms. The molecule has 2 aliphatic heterocycles. The van der Waals surface area contributed by atoms with Gasteiger partial charge in [0.25, 0.3) is 0 Å². The van der Waals surface area contributed by atoms with Gasteiger partial charge in [-0.15, -0.1) is 0 Å². The third kappa shape index (κ3) is 4.51. The van der Waals surface area contributed by atoms with Crippen molar-refractivity contribution in [2.45, 2.75) is 45.2 Å². The van der Waals surface area contributed by atoms with E-state index in [1.165, 1.54) is 4.90 Å². The van der Waals surface area contributed by atoms with Crippen LogP contribution < -0.4 is 4.90 Å². The van der Waals surface area contributed by atoms with Crippen LogP contribution in [0.15, 0.2) is 48.5 Å². The molecule has 0 saturated carbocycles. The van der Waals surface area contributed by atoms with E-state index in [2.05, 4.69) is 0 Å². The summed E-state index contributed by atoms with van der Waals surface area (Å²) in [5, 5.41) is 10.9. The van der Waals surface area contributed by atoms with E-state index in [9.17, 15) is 14.7 Å². The Morgan fingerprint density at radius 2 is 1.70 bits per heavy atom. The van der Waals surface area contributed by atoms with Gasteiger partial charge in [0.05, 0.1) is 10.0 Å². The fourth-order valence-electron chi connectivity index (χ4n) is 5.40. The van der Waals surface area contributed by atoms with Gasteiger partial charge in [0.1, 0.15) is 0 Å². The number of benzene rings is 2. The Kier molecular flexibility index (Phi) is 6.52. The molecule has 2 fully saturated rings. The van der Waals surface area contributed by atoms with Crippen molar-refractivity contribution in [3.8, 4) is 0 Å². The molecule has 2 aromatic carbocycles. The van der Waals surface area contributed by atoms with Crippen molar-refractivity contribution in [3.63, 3.8) is 0 Å². The first-order valence-corrected chi connectivity index (χ1v) is 11.9. The molecular weight excluding hydrogens is 461 g/mol. The zero-order valence-corrected chi connectivity index (χ0v) is 20.6. The quantitative estimate of drug-likeness (QED) is 0.559. The number of likely N-dealkylation sites (tertiary alicyclic amines) is 1. The van der Waals surface area contributed by atoms with Gasteiger partial charge in [-0.1, -0.05) is 68.2 Å². The summed E-state index contributed by atoms with van der Waals surface area (Å²) in [7, 11) is 0. The number of carbonyl (C=O) groups is 2. The van der Waals surface area contributed by atoms with Crippen molar-refractivity contribution in [2.24, 2.45) is 5.41 Å². The lowest BCUT2D eigenvalue weighted by molar-refractivity contribution is 0.0146. The second-order valence-corrected chi connectivity index (χ2v) is 10.6. The molecule has 1 N–H and O–H groups in total. The van der Waals surface area contributed by atoms with Gasteiger partial charge in [-0.3, -0.25) is 4.90 Å². The molecule has 0 bridgehead atoms. The van der Waals surface area contributed by atoms with Gasteiger partial charge in [-0.25, -0.2) is 9.59 Å². The topological polar surface area (TPSA) is 64.1 Å². The van der Waals surface area contributed by atoms with Crippen LogP contribution in [0.1, 0.15) is 38.7 Å². The molecule has 0 radical (unpaired) electrons. The maximum atomic E-state index is 13.5. The maximum Gasteiger partial charge on any atom is 0.407 e. The average Bonchev–Trinajstić information content (AvgIpc) is 3.15. The third-order valence-corrected chi connectivity index (χ3v) is 7.47. The van der Waals surface area contributed by atoms with Crippen molar-refractivity contribution in [1.29, 1.82) is 0 Å². The molecule has 4 rings (SSSR count). The van der Waals surface area contributed by atoms with Gasteiger partial charge < -0.3 is 14.9 Å². The molecule has 3 atom stereocenters. The number of nitrogens with zero attached hydrogens (tertiary/aromatic N) is 3. The number of halogens is 2. The van der Waals surface area contributed by atoms with Crippen LogP contribution in [0.25, 0.3) is 0 Å². The van der Waals surface area contributed by atoms with Crippen molar-refractivity contribution >= 4 is 41.0 Å². The minimum absolute atomic E-state index is 0.0484. The normalized spacial score (nSPS) is 23.8. The highest BCUT2D eigenvalue weighted by Crippen LogP contribution is 2.45. The van der Waals surface area contributed by atoms with Crippen LogP contribution >= 0.6 is 23.2 Å². The van der Waals surface area contributed by atoms with E-state index >= 15 is 0 Å². The standard InChI is InChI=1S/C25H29Cl2N3O3/c1-25(2,3)22-21(16-9-10-18(26)19(27)15-16)20(11-12-30(22)24(32)33)29-14-13-28(23(29)31)17-7-5-4-6-8-17/h4-10,15,20-22H,11-14H2,1-3H3,(H,32,33)/t20-,21-,22?/m1/s1. The predicted molar refractivity (Wildman–Crippen MR) is 131 cm³/mol. The summed E-state index contributed by atoms with van der Waals surface area (Å²) in [5.74, 6) is -0.246. The van der Waals surface area contributed by atoms with Crippen LogP contribution in [0.5, 0.6) is 0 Å². The molecule has 3 amide bonds. The lowest BCUT2D eigenvalue weighted by atomic mass is 9.69. The minimum atomic E-state index is -0.947. The van der Waals surface area contributed by atoms with E-state index in [1.54, 1.807) is 11.0 Å². The lowest BCUT2D eigenvalue weighted by Crippen LogP contribution is -2.61. The Bertz CT molecular complexity index is 1040. The van der Waals surface area contributed by atoms with Crippen LogP contribution in [0, 0.1) is 5.41 Å². The Balaban J connectivity index is 1.76. The van der Waals surface area contributed by atoms with Gasteiger partial charge in [0.15, 0.2) is 0 Å². The second kappa shape index (κ2) is 9.07. The molecule has 176 valence electrons. The number of para-hydroxylation sites is 1. The van der Waals surface area contributed by atoms with Crippen LogP contribution in [0.2, 0.25) is 10.0 Å². The van der Waals surface area contributed by atoms with Gasteiger partial charge in [-0.2, -0.15) is 0 Å². The average molecular weight is 490 g/mol. The maximum absolute atomic E-state index is 13.5. The number of hydrogen-bond donors (Lipinski definition) is 1. The molecule has 0 spiro atoms. The first kappa shape index (κ1) is 23.7. The molecule has 2 heterocycles. The van der Waals surface area contributed by atoms with Crippen molar-refractivity contribution < 1.29 is 14.7 Å². The molecular formula is C25H29Cl2N3O3. The van der Waals surface area contributed by atoms with Gasteiger partial charge in [0.2, 0.25) is 0 Å². The fraction of sp³-hybridized carbons (Fsp3) is 0.440. The van der Waals surface area contributed by atoms with Crippen molar-refractivity contribution in [2.75, 3.05) is 24.5 Å². The number of rotatable bonds is 3. The van der Waals surface area contributed by atoms with E-state index < -0.39 is 6.09 Å². The Morgan fingerprint density at radius 3 is 2.30 bits per heavy atom. The summed E-state index contributed by atoms with van der Waals surface area (Å²) in [6.07, 6.45) is -0.393. The number of anilines is 1. The second-order valence-electron chi connectivity index (χ2n) is 9.81. The number of urea groups is 1. The molecule has 8 heteroatoms. The Morgan fingerprint density at radius 1 is 1.00 bits per heavy atom. The fourth-order valence-corrected chi connectivity index (χ4v) is 5.70. The first-order chi connectivity index (χ1) is 15.6. The monoisotopic (exact) mass is 489 g/mol. The molecule has 2 saturated heterocycles. The summed E-state index contributed by atoms with van der Waals surface area (Å²) >= 11 is 12.6. The summed E-state index contributed by atoms with van der Waals surface area (Å²) in [5.41, 5.74) is 1.40. The molecule has 6 nitrogen and oxygen atoms in total. The number of carbonyl (C=O) groups excluding carboxylic acids is 1. The molecule has 0 aliphatic carbocycles. The Labute approximate surface area is 204 Å². The minimum Gasteiger partial charge on any atom is -0.465 e. The van der Waals surface area contributed by atoms with Crippen molar-refractivity contribution in [3.05, 3.63) is 64.1 Å². The Hall–Kier alpha value is -2.44. The molecule has 0 aromatic heterocycles. The van der Waals surface area contributed by atoms with E-state index in [4.69, 9.17) is 23.2 Å². The van der Waals surface area contributed by atoms with Gasteiger partial charge in [-0.05, 0) is 41.7 Å². The van der Waals surface area contributed by atoms with Gasteiger partial charge >= 0.3 is 12.1 Å². The SMILES string of the molecule is CC(C)(C)C1[C@H](c2ccc(Cl)c(Cl)c2)[C@H](N2CCN(c3ccccc3)C2=O)CCN1C(=O)O. The highest BCUT2D eigenvalue weighted by Gasteiger charge is 2.50. The van der Waals surface area contributed by atoms with Crippen molar-refractivity contribution in [1.82, 2.24) is 9.80 Å². The molecule has 2 aromatic rings.